The molecule has 1 aromatic carbocycles. The van der Waals surface area contributed by atoms with Crippen LogP contribution in [-0.4, -0.2) is 12.5 Å². The van der Waals surface area contributed by atoms with Crippen molar-refractivity contribution in [2.75, 3.05) is 17.2 Å². The summed E-state index contributed by atoms with van der Waals surface area (Å²) in [4.78, 5) is 12.1. The molecule has 0 unspecified atom stereocenters. The number of benzene rings is 1. The highest BCUT2D eigenvalue weighted by molar-refractivity contribution is 14.1. The second-order valence-corrected chi connectivity index (χ2v) is 5.88. The quantitative estimate of drug-likeness (QED) is 0.719. The Labute approximate surface area is 108 Å². The number of rotatable bonds is 0. The van der Waals surface area contributed by atoms with Crippen LogP contribution in [0.5, 0.6) is 0 Å². The fourth-order valence-electron chi connectivity index (χ4n) is 2.38. The van der Waals surface area contributed by atoms with Crippen LogP contribution in [0, 0.1) is 8.99 Å². The Kier molecular flexibility index (Phi) is 2.34. The topological polar surface area (TPSA) is 41.1 Å². The Hall–Kier alpha value is -0.780. The van der Waals surface area contributed by atoms with Crippen molar-refractivity contribution in [3.8, 4) is 0 Å². The molecule has 1 fully saturated rings. The third-order valence-electron chi connectivity index (χ3n) is 3.64. The summed E-state index contributed by atoms with van der Waals surface area (Å²) < 4.78 is 1.14. The first kappa shape index (κ1) is 10.4. The minimum Gasteiger partial charge on any atom is -0.382 e. The second kappa shape index (κ2) is 3.61. The number of amides is 1. The second-order valence-electron chi connectivity index (χ2n) is 4.63. The van der Waals surface area contributed by atoms with E-state index in [4.69, 9.17) is 0 Å². The van der Waals surface area contributed by atoms with Crippen LogP contribution in [0.1, 0.15) is 19.3 Å². The summed E-state index contributed by atoms with van der Waals surface area (Å²) in [5.74, 6) is 0.187. The standard InChI is InChI=1S/C12H13IN2O/c13-8-2-3-9-10(6-8)15-11(16)12(7-14-9)4-1-5-12/h2-3,6,14H,1,4-5,7H2,(H,15,16). The molecule has 4 heteroatoms. The molecule has 3 rings (SSSR count). The van der Waals surface area contributed by atoms with Crippen LogP contribution < -0.4 is 10.6 Å². The Morgan fingerprint density at radius 3 is 2.75 bits per heavy atom. The number of anilines is 2. The molecule has 1 aliphatic heterocycles. The molecule has 16 heavy (non-hydrogen) atoms. The molecule has 0 atom stereocenters. The van der Waals surface area contributed by atoms with Gasteiger partial charge >= 0.3 is 0 Å². The molecule has 0 aromatic heterocycles. The van der Waals surface area contributed by atoms with Crippen LogP contribution in [0.3, 0.4) is 0 Å². The Morgan fingerprint density at radius 2 is 2.06 bits per heavy atom. The first-order valence-electron chi connectivity index (χ1n) is 5.55. The van der Waals surface area contributed by atoms with Crippen LogP contribution in [-0.2, 0) is 4.79 Å². The maximum Gasteiger partial charge on any atom is 0.232 e. The number of carbonyl (C=O) groups excluding carboxylic acids is 1. The van der Waals surface area contributed by atoms with Gasteiger partial charge in [0.05, 0.1) is 16.8 Å². The molecule has 1 amide bonds. The van der Waals surface area contributed by atoms with Gasteiger partial charge in [0, 0.05) is 10.1 Å². The van der Waals surface area contributed by atoms with Crippen molar-refractivity contribution in [1.29, 1.82) is 0 Å². The molecular formula is C12H13IN2O. The largest absolute Gasteiger partial charge is 0.382 e. The molecule has 1 spiro atoms. The van der Waals surface area contributed by atoms with E-state index in [0.29, 0.717) is 0 Å². The van der Waals surface area contributed by atoms with Gasteiger partial charge in [0.25, 0.3) is 0 Å². The van der Waals surface area contributed by atoms with Crippen molar-refractivity contribution >= 4 is 39.9 Å². The molecule has 0 saturated heterocycles. The summed E-state index contributed by atoms with van der Waals surface area (Å²) in [7, 11) is 0. The number of carbonyl (C=O) groups is 1. The molecule has 2 aliphatic rings. The number of halogens is 1. The van der Waals surface area contributed by atoms with Gasteiger partial charge in [0.15, 0.2) is 0 Å². The lowest BCUT2D eigenvalue weighted by molar-refractivity contribution is -0.129. The lowest BCUT2D eigenvalue weighted by Gasteiger charge is -2.38. The summed E-state index contributed by atoms with van der Waals surface area (Å²) in [6, 6.07) is 6.10. The molecule has 0 radical (unpaired) electrons. The molecule has 2 N–H and O–H groups in total. The van der Waals surface area contributed by atoms with Gasteiger partial charge in [-0.3, -0.25) is 4.79 Å². The molecule has 1 heterocycles. The Bertz CT molecular complexity index is 454. The fourth-order valence-corrected chi connectivity index (χ4v) is 2.87. The van der Waals surface area contributed by atoms with Crippen LogP contribution in [0.4, 0.5) is 11.4 Å². The van der Waals surface area contributed by atoms with E-state index in [2.05, 4.69) is 39.3 Å². The Balaban J connectivity index is 1.97. The first-order valence-corrected chi connectivity index (χ1v) is 6.62. The van der Waals surface area contributed by atoms with Crippen molar-refractivity contribution < 1.29 is 4.79 Å². The van der Waals surface area contributed by atoms with Crippen molar-refractivity contribution in [3.63, 3.8) is 0 Å². The lowest BCUT2D eigenvalue weighted by Crippen LogP contribution is -2.45. The number of hydrogen-bond donors (Lipinski definition) is 2. The summed E-state index contributed by atoms with van der Waals surface area (Å²) in [5, 5.41) is 6.44. The normalized spacial score (nSPS) is 21.4. The summed E-state index contributed by atoms with van der Waals surface area (Å²) in [6.45, 7) is 0.770. The number of hydrogen-bond acceptors (Lipinski definition) is 2. The molecule has 1 aromatic rings. The van der Waals surface area contributed by atoms with Crippen LogP contribution in [0.2, 0.25) is 0 Å². The molecule has 3 nitrogen and oxygen atoms in total. The summed E-state index contributed by atoms with van der Waals surface area (Å²) in [5.41, 5.74) is 1.81. The van der Waals surface area contributed by atoms with Crippen molar-refractivity contribution in [3.05, 3.63) is 21.8 Å². The monoisotopic (exact) mass is 328 g/mol. The van der Waals surface area contributed by atoms with Crippen LogP contribution in [0.25, 0.3) is 0 Å². The van der Waals surface area contributed by atoms with Gasteiger partial charge in [0.1, 0.15) is 0 Å². The molecule has 0 bridgehead atoms. The van der Waals surface area contributed by atoms with Gasteiger partial charge < -0.3 is 10.6 Å². The predicted molar refractivity (Wildman–Crippen MR) is 72.6 cm³/mol. The first-order chi connectivity index (χ1) is 7.70. The highest BCUT2D eigenvalue weighted by Crippen LogP contribution is 2.44. The number of fused-ring (bicyclic) bond motifs is 1. The highest BCUT2D eigenvalue weighted by atomic mass is 127. The zero-order chi connectivity index (χ0) is 11.2. The number of nitrogens with one attached hydrogen (secondary N) is 2. The molecule has 1 aliphatic carbocycles. The zero-order valence-corrected chi connectivity index (χ0v) is 11.0. The van der Waals surface area contributed by atoms with Crippen LogP contribution >= 0.6 is 22.6 Å². The van der Waals surface area contributed by atoms with Crippen molar-refractivity contribution in [2.45, 2.75) is 19.3 Å². The summed E-state index contributed by atoms with van der Waals surface area (Å²) in [6.07, 6.45) is 3.19. The van der Waals surface area contributed by atoms with E-state index in [9.17, 15) is 4.79 Å². The molecular weight excluding hydrogens is 315 g/mol. The van der Waals surface area contributed by atoms with Gasteiger partial charge in [-0.05, 0) is 53.6 Å². The third-order valence-corrected chi connectivity index (χ3v) is 4.31. The maximum atomic E-state index is 12.1. The van der Waals surface area contributed by atoms with Gasteiger partial charge in [-0.2, -0.15) is 0 Å². The minimum absolute atomic E-state index is 0.148. The lowest BCUT2D eigenvalue weighted by atomic mass is 9.68. The molecule has 84 valence electrons. The maximum absolute atomic E-state index is 12.1. The van der Waals surface area contributed by atoms with E-state index in [-0.39, 0.29) is 11.3 Å². The summed E-state index contributed by atoms with van der Waals surface area (Å²) >= 11 is 2.26. The van der Waals surface area contributed by atoms with Gasteiger partial charge in [-0.25, -0.2) is 0 Å². The smallest absolute Gasteiger partial charge is 0.232 e. The fraction of sp³-hybridized carbons (Fsp3) is 0.417. The van der Waals surface area contributed by atoms with E-state index in [0.717, 1.165) is 34.3 Å². The van der Waals surface area contributed by atoms with E-state index >= 15 is 0 Å². The van der Waals surface area contributed by atoms with Crippen molar-refractivity contribution in [1.82, 2.24) is 0 Å². The minimum atomic E-state index is -0.148. The predicted octanol–water partition coefficient (Wildman–Crippen LogP) is 2.83. The van der Waals surface area contributed by atoms with Crippen molar-refractivity contribution in [2.24, 2.45) is 5.41 Å². The van der Waals surface area contributed by atoms with E-state index in [1.807, 2.05) is 12.1 Å². The average Bonchev–Trinajstić information content (AvgIpc) is 2.32. The van der Waals surface area contributed by atoms with E-state index in [1.54, 1.807) is 0 Å². The van der Waals surface area contributed by atoms with E-state index in [1.165, 1.54) is 6.42 Å². The Morgan fingerprint density at radius 1 is 1.25 bits per heavy atom. The average molecular weight is 328 g/mol. The van der Waals surface area contributed by atoms with Crippen LogP contribution in [0.15, 0.2) is 18.2 Å². The van der Waals surface area contributed by atoms with E-state index < -0.39 is 0 Å². The molecule has 1 saturated carbocycles. The van der Waals surface area contributed by atoms with Gasteiger partial charge in [-0.15, -0.1) is 0 Å². The van der Waals surface area contributed by atoms with Gasteiger partial charge in [-0.1, -0.05) is 6.42 Å². The third kappa shape index (κ3) is 1.50. The SMILES string of the molecule is O=C1Nc2cc(I)ccc2NCC12CCC2. The zero-order valence-electron chi connectivity index (χ0n) is 8.85. The highest BCUT2D eigenvalue weighted by Gasteiger charge is 2.45. The van der Waals surface area contributed by atoms with Gasteiger partial charge in [0.2, 0.25) is 5.91 Å².